The molecule has 1 rings (SSSR count). The highest BCUT2D eigenvalue weighted by Gasteiger charge is 2.25. The van der Waals surface area contributed by atoms with Crippen molar-refractivity contribution in [2.45, 2.75) is 38.1 Å². The molecule has 1 aromatic rings. The van der Waals surface area contributed by atoms with Gasteiger partial charge in [0.1, 0.15) is 0 Å². The van der Waals surface area contributed by atoms with E-state index in [1.54, 1.807) is 12.1 Å². The zero-order valence-corrected chi connectivity index (χ0v) is 14.6. The lowest BCUT2D eigenvalue weighted by atomic mass is 10.1. The second kappa shape index (κ2) is 7.05. The van der Waals surface area contributed by atoms with Gasteiger partial charge in [-0.05, 0) is 31.4 Å². The molecule has 0 aliphatic carbocycles. The molecule has 0 aliphatic heterocycles. The molecule has 0 aliphatic rings. The third-order valence-electron chi connectivity index (χ3n) is 2.97. The lowest BCUT2D eigenvalue weighted by molar-refractivity contribution is 0.449. The van der Waals surface area contributed by atoms with E-state index in [0.29, 0.717) is 6.42 Å². The maximum absolute atomic E-state index is 12.3. The second-order valence-electron chi connectivity index (χ2n) is 5.99. The predicted molar refractivity (Wildman–Crippen MR) is 85.4 cm³/mol. The SMILES string of the molecule is Cc1ccc(S(=O)(=O)N[C@@H](CC(C)C)CP(C)(=O)O)cc1. The van der Waals surface area contributed by atoms with Gasteiger partial charge in [-0.1, -0.05) is 31.5 Å². The van der Waals surface area contributed by atoms with E-state index in [0.717, 1.165) is 5.56 Å². The Morgan fingerprint density at radius 2 is 1.76 bits per heavy atom. The average molecular weight is 333 g/mol. The van der Waals surface area contributed by atoms with Crippen LogP contribution in [0.1, 0.15) is 25.8 Å². The van der Waals surface area contributed by atoms with Gasteiger partial charge < -0.3 is 4.89 Å². The van der Waals surface area contributed by atoms with Crippen LogP contribution in [0.3, 0.4) is 0 Å². The van der Waals surface area contributed by atoms with Crippen LogP contribution in [0.4, 0.5) is 0 Å². The molecule has 1 unspecified atom stereocenters. The van der Waals surface area contributed by atoms with Crippen LogP contribution in [0.2, 0.25) is 0 Å². The predicted octanol–water partition coefficient (Wildman–Crippen LogP) is 2.59. The van der Waals surface area contributed by atoms with Crippen LogP contribution < -0.4 is 4.72 Å². The van der Waals surface area contributed by atoms with Crippen molar-refractivity contribution in [2.75, 3.05) is 12.8 Å². The first-order chi connectivity index (χ1) is 9.49. The molecule has 0 heterocycles. The Labute approximate surface area is 127 Å². The summed E-state index contributed by atoms with van der Waals surface area (Å²) in [6, 6.07) is 5.98. The highest BCUT2D eigenvalue weighted by atomic mass is 32.2. The van der Waals surface area contributed by atoms with E-state index in [1.807, 2.05) is 20.8 Å². The summed E-state index contributed by atoms with van der Waals surface area (Å²) in [5.41, 5.74) is 0.973. The second-order valence-corrected chi connectivity index (χ2v) is 10.2. The molecule has 0 bridgehead atoms. The van der Waals surface area contributed by atoms with Crippen molar-refractivity contribution in [3.8, 4) is 0 Å². The minimum atomic E-state index is -3.68. The molecule has 0 fully saturated rings. The lowest BCUT2D eigenvalue weighted by Crippen LogP contribution is -2.38. The molecular formula is C14H24NO4PS. The monoisotopic (exact) mass is 333 g/mol. The van der Waals surface area contributed by atoms with Crippen molar-refractivity contribution in [3.63, 3.8) is 0 Å². The van der Waals surface area contributed by atoms with E-state index < -0.39 is 23.4 Å². The molecule has 0 saturated carbocycles. The van der Waals surface area contributed by atoms with Crippen LogP contribution in [-0.2, 0) is 14.6 Å². The Hall–Kier alpha value is -0.680. The number of hydrogen-bond acceptors (Lipinski definition) is 3. The molecule has 5 nitrogen and oxygen atoms in total. The van der Waals surface area contributed by atoms with Crippen LogP contribution in [0.25, 0.3) is 0 Å². The van der Waals surface area contributed by atoms with E-state index in [9.17, 15) is 17.9 Å². The quantitative estimate of drug-likeness (QED) is 0.751. The van der Waals surface area contributed by atoms with Crippen molar-refractivity contribution >= 4 is 17.4 Å². The first-order valence-electron chi connectivity index (χ1n) is 6.88. The van der Waals surface area contributed by atoms with Gasteiger partial charge >= 0.3 is 0 Å². The average Bonchev–Trinajstić information content (AvgIpc) is 2.25. The zero-order chi connectivity index (χ0) is 16.3. The Morgan fingerprint density at radius 3 is 2.19 bits per heavy atom. The molecule has 120 valence electrons. The molecule has 0 saturated heterocycles. The molecule has 21 heavy (non-hydrogen) atoms. The van der Waals surface area contributed by atoms with Crippen LogP contribution in [0, 0.1) is 12.8 Å². The van der Waals surface area contributed by atoms with E-state index in [1.165, 1.54) is 18.8 Å². The highest BCUT2D eigenvalue weighted by Crippen LogP contribution is 2.37. The number of sulfonamides is 1. The zero-order valence-electron chi connectivity index (χ0n) is 12.9. The van der Waals surface area contributed by atoms with Crippen LogP contribution in [0.5, 0.6) is 0 Å². The third kappa shape index (κ3) is 6.74. The van der Waals surface area contributed by atoms with Gasteiger partial charge in [0.05, 0.1) is 4.90 Å². The molecule has 0 radical (unpaired) electrons. The van der Waals surface area contributed by atoms with Gasteiger partial charge in [-0.25, -0.2) is 13.1 Å². The van der Waals surface area contributed by atoms with Gasteiger partial charge in [0, 0.05) is 18.9 Å². The van der Waals surface area contributed by atoms with Gasteiger partial charge in [-0.3, -0.25) is 4.57 Å². The normalized spacial score (nSPS) is 16.7. The smallest absolute Gasteiger partial charge is 0.240 e. The summed E-state index contributed by atoms with van der Waals surface area (Å²) in [7, 11) is -6.97. The fraction of sp³-hybridized carbons (Fsp3) is 0.571. The lowest BCUT2D eigenvalue weighted by Gasteiger charge is -2.21. The third-order valence-corrected chi connectivity index (χ3v) is 5.62. The fourth-order valence-corrected chi connectivity index (χ4v) is 4.57. The van der Waals surface area contributed by atoms with Crippen LogP contribution in [-0.4, -0.2) is 32.2 Å². The maximum Gasteiger partial charge on any atom is 0.240 e. The van der Waals surface area contributed by atoms with Gasteiger partial charge in [-0.15, -0.1) is 0 Å². The molecule has 2 N–H and O–H groups in total. The van der Waals surface area contributed by atoms with E-state index in [4.69, 9.17) is 0 Å². The Bertz CT molecular complexity index is 604. The molecule has 1 aromatic carbocycles. The Balaban J connectivity index is 2.95. The van der Waals surface area contributed by atoms with Gasteiger partial charge in [-0.2, -0.15) is 0 Å². The topological polar surface area (TPSA) is 83.5 Å². The number of aryl methyl sites for hydroxylation is 1. The van der Waals surface area contributed by atoms with Crippen molar-refractivity contribution in [3.05, 3.63) is 29.8 Å². The first-order valence-corrected chi connectivity index (χ1v) is 10.7. The summed E-state index contributed by atoms with van der Waals surface area (Å²) < 4.78 is 38.8. The molecular weight excluding hydrogens is 309 g/mol. The molecule has 2 atom stereocenters. The maximum atomic E-state index is 12.3. The molecule has 0 amide bonds. The molecule has 7 heteroatoms. The van der Waals surface area contributed by atoms with Crippen molar-refractivity contribution < 1.29 is 17.9 Å². The highest BCUT2D eigenvalue weighted by molar-refractivity contribution is 7.89. The summed E-state index contributed by atoms with van der Waals surface area (Å²) in [5, 5.41) is 0. The standard InChI is InChI=1S/C14H24NO4PS/c1-11(2)9-13(10-20(4,16)17)15-21(18,19)14-7-5-12(3)6-8-14/h5-8,11,13,15H,9-10H2,1-4H3,(H,16,17)/t13-/m0/s1. The van der Waals surface area contributed by atoms with Gasteiger partial charge in [0.25, 0.3) is 0 Å². The summed E-state index contributed by atoms with van der Waals surface area (Å²) in [4.78, 5) is 9.70. The van der Waals surface area contributed by atoms with Crippen molar-refractivity contribution in [2.24, 2.45) is 5.92 Å². The number of benzene rings is 1. The van der Waals surface area contributed by atoms with E-state index >= 15 is 0 Å². The van der Waals surface area contributed by atoms with E-state index in [2.05, 4.69) is 4.72 Å². The van der Waals surface area contributed by atoms with Crippen molar-refractivity contribution in [1.29, 1.82) is 0 Å². The summed E-state index contributed by atoms with van der Waals surface area (Å²) >= 11 is 0. The summed E-state index contributed by atoms with van der Waals surface area (Å²) in [5.74, 6) is 0.224. The number of nitrogens with one attached hydrogen (secondary N) is 1. The minimum Gasteiger partial charge on any atom is -0.344 e. The van der Waals surface area contributed by atoms with Crippen LogP contribution in [0.15, 0.2) is 29.2 Å². The van der Waals surface area contributed by atoms with Crippen LogP contribution >= 0.6 is 7.37 Å². The van der Waals surface area contributed by atoms with Gasteiger partial charge in [0.15, 0.2) is 7.37 Å². The largest absolute Gasteiger partial charge is 0.344 e. The summed E-state index contributed by atoms with van der Waals surface area (Å²) in [6.07, 6.45) is 0.458. The minimum absolute atomic E-state index is 0.0593. The van der Waals surface area contributed by atoms with E-state index in [-0.39, 0.29) is 17.0 Å². The number of rotatable bonds is 7. The molecule has 0 aromatic heterocycles. The number of hydrogen-bond donors (Lipinski definition) is 2. The Kier molecular flexibility index (Phi) is 6.17. The Morgan fingerprint density at radius 1 is 1.24 bits per heavy atom. The van der Waals surface area contributed by atoms with Gasteiger partial charge in [0.2, 0.25) is 10.0 Å². The molecule has 0 spiro atoms. The van der Waals surface area contributed by atoms with Crippen molar-refractivity contribution in [1.82, 2.24) is 4.72 Å². The first kappa shape index (κ1) is 18.4. The summed E-state index contributed by atoms with van der Waals surface area (Å²) in [6.45, 7) is 7.03. The fourth-order valence-electron chi connectivity index (χ4n) is 2.14.